The Labute approximate surface area is 180 Å². The van der Waals surface area contributed by atoms with E-state index in [1.54, 1.807) is 28.4 Å². The number of benzene rings is 1. The molecule has 1 unspecified atom stereocenters. The number of fused-ring (bicyclic) bond motifs is 1. The standard InChI is InChI=1S/C21H24Cl2N2O2S/c1-3-4-9-24(14(2)26)13-20(27)25-10-7-19-17(8-11-28-19)21(25)16-6-5-15(22)12-18(16)23/h5-6,8,11-12,21H,3-4,7,9-10,13H2,1-2H3. The summed E-state index contributed by atoms with van der Waals surface area (Å²) in [5, 5.41) is 3.16. The van der Waals surface area contributed by atoms with E-state index in [0.717, 1.165) is 30.4 Å². The van der Waals surface area contributed by atoms with E-state index < -0.39 is 0 Å². The first-order valence-corrected chi connectivity index (χ1v) is 11.1. The molecule has 28 heavy (non-hydrogen) atoms. The number of hydrogen-bond donors (Lipinski definition) is 0. The van der Waals surface area contributed by atoms with Crippen LogP contribution in [0, 0.1) is 0 Å². The Morgan fingerprint density at radius 1 is 1.25 bits per heavy atom. The highest BCUT2D eigenvalue weighted by Gasteiger charge is 2.34. The minimum Gasteiger partial charge on any atom is -0.334 e. The van der Waals surface area contributed by atoms with Crippen molar-refractivity contribution in [2.45, 2.75) is 39.2 Å². The van der Waals surface area contributed by atoms with Crippen molar-refractivity contribution >= 4 is 46.4 Å². The Kier molecular flexibility index (Phi) is 7.02. The van der Waals surface area contributed by atoms with Crippen LogP contribution in [0.5, 0.6) is 0 Å². The number of halogens is 2. The Hall–Kier alpha value is -1.56. The normalized spacial score (nSPS) is 16.0. The van der Waals surface area contributed by atoms with Gasteiger partial charge in [-0.05, 0) is 47.5 Å². The maximum Gasteiger partial charge on any atom is 0.242 e. The predicted octanol–water partition coefficient (Wildman–Crippen LogP) is 5.18. The topological polar surface area (TPSA) is 40.6 Å². The molecule has 0 spiro atoms. The van der Waals surface area contributed by atoms with E-state index >= 15 is 0 Å². The predicted molar refractivity (Wildman–Crippen MR) is 115 cm³/mol. The Morgan fingerprint density at radius 2 is 2.04 bits per heavy atom. The zero-order valence-electron chi connectivity index (χ0n) is 16.1. The minimum absolute atomic E-state index is 0.0563. The van der Waals surface area contributed by atoms with Crippen LogP contribution in [0.4, 0.5) is 0 Å². The molecular weight excluding hydrogens is 415 g/mol. The summed E-state index contributed by atoms with van der Waals surface area (Å²) in [6.07, 6.45) is 2.67. The lowest BCUT2D eigenvalue weighted by atomic mass is 9.93. The fraction of sp³-hybridized carbons (Fsp3) is 0.429. The van der Waals surface area contributed by atoms with Crippen LogP contribution in [-0.4, -0.2) is 41.2 Å². The van der Waals surface area contributed by atoms with Gasteiger partial charge in [-0.2, -0.15) is 0 Å². The van der Waals surface area contributed by atoms with Gasteiger partial charge in [-0.3, -0.25) is 9.59 Å². The van der Waals surface area contributed by atoms with E-state index in [0.29, 0.717) is 23.1 Å². The third-order valence-electron chi connectivity index (χ3n) is 5.10. The van der Waals surface area contributed by atoms with Gasteiger partial charge in [0.05, 0.1) is 12.6 Å². The lowest BCUT2D eigenvalue weighted by molar-refractivity contribution is -0.140. The SMILES string of the molecule is CCCCN(CC(=O)N1CCc2sccc2C1c1ccc(Cl)cc1Cl)C(C)=O. The molecular formula is C21H24Cl2N2O2S. The molecule has 1 aliphatic heterocycles. The molecule has 1 aliphatic rings. The van der Waals surface area contributed by atoms with E-state index in [4.69, 9.17) is 23.2 Å². The summed E-state index contributed by atoms with van der Waals surface area (Å²) in [4.78, 5) is 30.0. The van der Waals surface area contributed by atoms with Gasteiger partial charge in [0.2, 0.25) is 11.8 Å². The van der Waals surface area contributed by atoms with Gasteiger partial charge < -0.3 is 9.80 Å². The third kappa shape index (κ3) is 4.53. The quantitative estimate of drug-likeness (QED) is 0.623. The van der Waals surface area contributed by atoms with Gasteiger partial charge in [0.25, 0.3) is 0 Å². The molecule has 0 fully saturated rings. The molecule has 0 bridgehead atoms. The average molecular weight is 439 g/mol. The zero-order chi connectivity index (χ0) is 20.3. The van der Waals surface area contributed by atoms with Gasteiger partial charge in [-0.25, -0.2) is 0 Å². The largest absolute Gasteiger partial charge is 0.334 e. The molecule has 3 rings (SSSR count). The molecule has 4 nitrogen and oxygen atoms in total. The molecule has 150 valence electrons. The molecule has 2 amide bonds. The summed E-state index contributed by atoms with van der Waals surface area (Å²) in [5.74, 6) is -0.129. The van der Waals surface area contributed by atoms with Crippen molar-refractivity contribution < 1.29 is 9.59 Å². The number of amides is 2. The molecule has 7 heteroatoms. The van der Waals surface area contributed by atoms with Crippen molar-refractivity contribution in [1.82, 2.24) is 9.80 Å². The summed E-state index contributed by atoms with van der Waals surface area (Å²) >= 11 is 14.3. The minimum atomic E-state index is -0.257. The molecule has 2 heterocycles. The van der Waals surface area contributed by atoms with Crippen molar-refractivity contribution in [1.29, 1.82) is 0 Å². The second kappa shape index (κ2) is 9.29. The number of unbranched alkanes of at least 4 members (excludes halogenated alkanes) is 1. The van der Waals surface area contributed by atoms with E-state index in [-0.39, 0.29) is 24.4 Å². The summed E-state index contributed by atoms with van der Waals surface area (Å²) in [6.45, 7) is 4.89. The number of carbonyl (C=O) groups excluding carboxylic acids is 2. The Bertz CT molecular complexity index is 868. The van der Waals surface area contributed by atoms with Crippen LogP contribution in [-0.2, 0) is 16.0 Å². The number of thiophene rings is 1. The second-order valence-electron chi connectivity index (χ2n) is 7.00. The van der Waals surface area contributed by atoms with E-state index in [1.165, 1.54) is 11.8 Å². The zero-order valence-corrected chi connectivity index (χ0v) is 18.4. The fourth-order valence-corrected chi connectivity index (χ4v) is 5.01. The molecule has 2 aromatic rings. The monoisotopic (exact) mass is 438 g/mol. The van der Waals surface area contributed by atoms with Gasteiger partial charge >= 0.3 is 0 Å². The van der Waals surface area contributed by atoms with Crippen LogP contribution < -0.4 is 0 Å². The third-order valence-corrected chi connectivity index (χ3v) is 6.66. The fourth-order valence-electron chi connectivity index (χ4n) is 3.59. The Balaban J connectivity index is 1.92. The molecule has 0 radical (unpaired) electrons. The number of hydrogen-bond acceptors (Lipinski definition) is 3. The van der Waals surface area contributed by atoms with Crippen LogP contribution in [0.25, 0.3) is 0 Å². The Morgan fingerprint density at radius 3 is 2.71 bits per heavy atom. The molecule has 0 N–H and O–H groups in total. The van der Waals surface area contributed by atoms with Crippen LogP contribution >= 0.6 is 34.5 Å². The van der Waals surface area contributed by atoms with Gasteiger partial charge in [0.1, 0.15) is 0 Å². The molecule has 0 saturated heterocycles. The van der Waals surface area contributed by atoms with Gasteiger partial charge in [0, 0.05) is 34.9 Å². The summed E-state index contributed by atoms with van der Waals surface area (Å²) < 4.78 is 0. The van der Waals surface area contributed by atoms with Gasteiger partial charge in [-0.15, -0.1) is 11.3 Å². The van der Waals surface area contributed by atoms with E-state index in [2.05, 4.69) is 18.4 Å². The van der Waals surface area contributed by atoms with E-state index in [9.17, 15) is 9.59 Å². The van der Waals surface area contributed by atoms with Crippen LogP contribution in [0.3, 0.4) is 0 Å². The molecule has 0 aliphatic carbocycles. The molecule has 1 aromatic heterocycles. The maximum atomic E-state index is 13.2. The number of nitrogens with zero attached hydrogens (tertiary/aromatic N) is 2. The summed E-state index contributed by atoms with van der Waals surface area (Å²) in [7, 11) is 0. The molecule has 1 aromatic carbocycles. The maximum absolute atomic E-state index is 13.2. The summed E-state index contributed by atoms with van der Waals surface area (Å²) in [6, 6.07) is 7.21. The highest BCUT2D eigenvalue weighted by atomic mass is 35.5. The number of carbonyl (C=O) groups is 2. The smallest absolute Gasteiger partial charge is 0.242 e. The van der Waals surface area contributed by atoms with Crippen molar-refractivity contribution in [2.75, 3.05) is 19.6 Å². The first kappa shape index (κ1) is 21.2. The number of rotatable bonds is 6. The molecule has 1 atom stereocenters. The van der Waals surface area contributed by atoms with Crippen LogP contribution in [0.1, 0.15) is 48.7 Å². The average Bonchev–Trinajstić information content (AvgIpc) is 3.13. The van der Waals surface area contributed by atoms with Gasteiger partial charge in [0.15, 0.2) is 0 Å². The highest BCUT2D eigenvalue weighted by Crippen LogP contribution is 2.41. The van der Waals surface area contributed by atoms with Gasteiger partial charge in [-0.1, -0.05) is 42.6 Å². The van der Waals surface area contributed by atoms with E-state index in [1.807, 2.05) is 11.0 Å². The highest BCUT2D eigenvalue weighted by molar-refractivity contribution is 7.10. The summed E-state index contributed by atoms with van der Waals surface area (Å²) in [5.41, 5.74) is 1.97. The second-order valence-corrected chi connectivity index (χ2v) is 8.84. The molecule has 0 saturated carbocycles. The van der Waals surface area contributed by atoms with Crippen molar-refractivity contribution in [3.63, 3.8) is 0 Å². The first-order chi connectivity index (χ1) is 13.4. The van der Waals surface area contributed by atoms with Crippen molar-refractivity contribution in [3.8, 4) is 0 Å². The lowest BCUT2D eigenvalue weighted by Crippen LogP contribution is -2.46. The first-order valence-electron chi connectivity index (χ1n) is 9.48. The van der Waals surface area contributed by atoms with Crippen LogP contribution in [0.2, 0.25) is 10.0 Å². The van der Waals surface area contributed by atoms with Crippen LogP contribution in [0.15, 0.2) is 29.6 Å². The van der Waals surface area contributed by atoms with Crippen molar-refractivity contribution in [2.24, 2.45) is 0 Å². The van der Waals surface area contributed by atoms with Crippen molar-refractivity contribution in [3.05, 3.63) is 55.7 Å². The lowest BCUT2D eigenvalue weighted by Gasteiger charge is -2.38.